The summed E-state index contributed by atoms with van der Waals surface area (Å²) in [4.78, 5) is 18.6. The Hall–Kier alpha value is -1.14. The van der Waals surface area contributed by atoms with Gasteiger partial charge in [-0.05, 0) is 43.8 Å². The summed E-state index contributed by atoms with van der Waals surface area (Å²) in [6.07, 6.45) is 9.23. The van der Waals surface area contributed by atoms with Crippen molar-refractivity contribution in [2.45, 2.75) is 70.6 Å². The van der Waals surface area contributed by atoms with Gasteiger partial charge in [0.2, 0.25) is 0 Å². The molecule has 23 heavy (non-hydrogen) atoms. The number of aromatic nitrogens is 2. The van der Waals surface area contributed by atoms with Crippen LogP contribution in [0.5, 0.6) is 0 Å². The monoisotopic (exact) mass is 337 g/mol. The number of nitrogens with zero attached hydrogens (tertiary/aromatic N) is 3. The number of likely N-dealkylation sites (tertiary alicyclic amines) is 1. The Kier molecular flexibility index (Phi) is 5.68. The molecule has 0 radical (unpaired) electrons. The molecule has 1 aliphatic rings. The first kappa shape index (κ1) is 18.2. The van der Waals surface area contributed by atoms with Gasteiger partial charge in [-0.3, -0.25) is 4.57 Å². The SMILES string of the molecule is CC(C)(C)[Si](C)(C)OCCC1CCCCN1C(=O)n1ccnc1. The van der Waals surface area contributed by atoms with Crippen LogP contribution in [-0.4, -0.2) is 48.0 Å². The van der Waals surface area contributed by atoms with Crippen molar-refractivity contribution in [1.82, 2.24) is 14.5 Å². The highest BCUT2D eigenvalue weighted by molar-refractivity contribution is 6.74. The lowest BCUT2D eigenvalue weighted by molar-refractivity contribution is 0.134. The fourth-order valence-electron chi connectivity index (χ4n) is 2.74. The Bertz CT molecular complexity index is 508. The number of imidazole rings is 1. The van der Waals surface area contributed by atoms with E-state index < -0.39 is 8.32 Å². The Morgan fingerprint density at radius 2 is 2.09 bits per heavy atom. The molecule has 0 aromatic carbocycles. The smallest absolute Gasteiger partial charge is 0.329 e. The molecule has 6 heteroatoms. The lowest BCUT2D eigenvalue weighted by atomic mass is 10.0. The van der Waals surface area contributed by atoms with E-state index in [2.05, 4.69) is 38.8 Å². The van der Waals surface area contributed by atoms with E-state index in [9.17, 15) is 4.79 Å². The Balaban J connectivity index is 1.93. The number of rotatable bonds is 4. The number of amides is 1. The van der Waals surface area contributed by atoms with E-state index in [0.29, 0.717) is 0 Å². The van der Waals surface area contributed by atoms with Crippen molar-refractivity contribution < 1.29 is 9.22 Å². The summed E-state index contributed by atoms with van der Waals surface area (Å²) >= 11 is 0. The number of piperidine rings is 1. The van der Waals surface area contributed by atoms with Gasteiger partial charge in [0.25, 0.3) is 0 Å². The average Bonchev–Trinajstić information content (AvgIpc) is 3.00. The minimum absolute atomic E-state index is 0.0412. The number of hydrogen-bond acceptors (Lipinski definition) is 3. The third kappa shape index (κ3) is 4.44. The van der Waals surface area contributed by atoms with Crippen molar-refractivity contribution in [3.05, 3.63) is 18.7 Å². The van der Waals surface area contributed by atoms with E-state index >= 15 is 0 Å². The number of carbonyl (C=O) groups is 1. The van der Waals surface area contributed by atoms with Gasteiger partial charge in [0, 0.05) is 31.6 Å². The number of carbonyl (C=O) groups excluding carboxylic acids is 1. The molecule has 2 heterocycles. The molecule has 1 fully saturated rings. The quantitative estimate of drug-likeness (QED) is 0.777. The highest BCUT2D eigenvalue weighted by Gasteiger charge is 2.37. The van der Waals surface area contributed by atoms with Crippen LogP contribution in [0.2, 0.25) is 18.1 Å². The first-order valence-electron chi connectivity index (χ1n) is 8.65. The van der Waals surface area contributed by atoms with Crippen molar-refractivity contribution in [2.75, 3.05) is 13.2 Å². The predicted octanol–water partition coefficient (Wildman–Crippen LogP) is 4.12. The lowest BCUT2D eigenvalue weighted by Gasteiger charge is -2.39. The normalized spacial score (nSPS) is 19.9. The molecule has 5 nitrogen and oxygen atoms in total. The standard InChI is InChI=1S/C17H31N3O2Si/c1-17(2,3)23(4,5)22-13-9-15-8-6-7-11-20(15)16(21)19-12-10-18-14-19/h10,12,14-15H,6-9,11,13H2,1-5H3. The van der Waals surface area contributed by atoms with E-state index in [1.54, 1.807) is 23.3 Å². The summed E-state index contributed by atoms with van der Waals surface area (Å²) < 4.78 is 7.87. The lowest BCUT2D eigenvalue weighted by Crippen LogP contribution is -2.47. The number of hydrogen-bond donors (Lipinski definition) is 0. The Labute approximate surface area is 141 Å². The molecule has 1 saturated heterocycles. The van der Waals surface area contributed by atoms with Gasteiger partial charge in [0.1, 0.15) is 6.33 Å². The molecular formula is C17H31N3O2Si. The summed E-state index contributed by atoms with van der Waals surface area (Å²) in [5.41, 5.74) is 0. The Morgan fingerprint density at radius 3 is 2.70 bits per heavy atom. The summed E-state index contributed by atoms with van der Waals surface area (Å²) in [6, 6.07) is 0.322. The van der Waals surface area contributed by atoms with Gasteiger partial charge in [-0.1, -0.05) is 20.8 Å². The molecule has 1 aliphatic heterocycles. The van der Waals surface area contributed by atoms with Gasteiger partial charge in [-0.25, -0.2) is 9.78 Å². The predicted molar refractivity (Wildman–Crippen MR) is 95.1 cm³/mol. The molecule has 0 aliphatic carbocycles. The summed E-state index contributed by atoms with van der Waals surface area (Å²) in [7, 11) is -1.71. The van der Waals surface area contributed by atoms with Crippen LogP contribution in [0.25, 0.3) is 0 Å². The summed E-state index contributed by atoms with van der Waals surface area (Å²) in [5.74, 6) is 0. The third-order valence-electron chi connectivity index (χ3n) is 5.32. The van der Waals surface area contributed by atoms with E-state index in [4.69, 9.17) is 4.43 Å². The molecule has 0 spiro atoms. The van der Waals surface area contributed by atoms with Gasteiger partial charge in [0.15, 0.2) is 8.32 Å². The minimum Gasteiger partial charge on any atom is -0.417 e. The highest BCUT2D eigenvalue weighted by Crippen LogP contribution is 2.36. The maximum Gasteiger partial charge on any atom is 0.329 e. The van der Waals surface area contributed by atoms with Crippen LogP contribution in [0.15, 0.2) is 18.7 Å². The van der Waals surface area contributed by atoms with Gasteiger partial charge >= 0.3 is 6.03 Å². The molecule has 130 valence electrons. The zero-order valence-electron chi connectivity index (χ0n) is 15.2. The maximum atomic E-state index is 12.6. The van der Waals surface area contributed by atoms with E-state index in [1.165, 1.54) is 6.42 Å². The van der Waals surface area contributed by atoms with E-state index in [-0.39, 0.29) is 17.1 Å². The van der Waals surface area contributed by atoms with Crippen molar-refractivity contribution in [3.63, 3.8) is 0 Å². The van der Waals surface area contributed by atoms with Crippen LogP contribution >= 0.6 is 0 Å². The van der Waals surface area contributed by atoms with Crippen LogP contribution in [0.4, 0.5) is 4.79 Å². The molecule has 1 aromatic rings. The zero-order valence-corrected chi connectivity index (χ0v) is 16.2. The second kappa shape index (κ2) is 7.17. The van der Waals surface area contributed by atoms with Crippen molar-refractivity contribution in [3.8, 4) is 0 Å². The van der Waals surface area contributed by atoms with Crippen molar-refractivity contribution >= 4 is 14.3 Å². The largest absolute Gasteiger partial charge is 0.417 e. The topological polar surface area (TPSA) is 47.4 Å². The molecule has 0 N–H and O–H groups in total. The fraction of sp³-hybridized carbons (Fsp3) is 0.765. The summed E-state index contributed by atoms with van der Waals surface area (Å²) in [5, 5.41) is 0.228. The van der Waals surface area contributed by atoms with Gasteiger partial charge in [-0.2, -0.15) is 0 Å². The third-order valence-corrected chi connectivity index (χ3v) is 9.86. The van der Waals surface area contributed by atoms with Crippen LogP contribution in [0.3, 0.4) is 0 Å². The zero-order chi connectivity index (χ0) is 17.1. The van der Waals surface area contributed by atoms with Crippen LogP contribution in [0, 0.1) is 0 Å². The van der Waals surface area contributed by atoms with Gasteiger partial charge in [0.05, 0.1) is 0 Å². The average molecular weight is 338 g/mol. The molecule has 0 bridgehead atoms. The van der Waals surface area contributed by atoms with Crippen molar-refractivity contribution in [1.29, 1.82) is 0 Å². The summed E-state index contributed by atoms with van der Waals surface area (Å²) in [6.45, 7) is 12.9. The highest BCUT2D eigenvalue weighted by atomic mass is 28.4. The maximum absolute atomic E-state index is 12.6. The molecule has 1 atom stereocenters. The fourth-order valence-corrected chi connectivity index (χ4v) is 3.80. The van der Waals surface area contributed by atoms with Gasteiger partial charge in [-0.15, -0.1) is 0 Å². The van der Waals surface area contributed by atoms with Gasteiger partial charge < -0.3 is 9.33 Å². The molecule has 1 unspecified atom stereocenters. The van der Waals surface area contributed by atoms with Crippen LogP contribution < -0.4 is 0 Å². The second-order valence-electron chi connectivity index (χ2n) is 7.99. The van der Waals surface area contributed by atoms with E-state index in [1.807, 2.05) is 4.90 Å². The first-order valence-corrected chi connectivity index (χ1v) is 11.6. The molecule has 1 aromatic heterocycles. The first-order chi connectivity index (χ1) is 10.7. The molecule has 0 saturated carbocycles. The van der Waals surface area contributed by atoms with Crippen LogP contribution in [-0.2, 0) is 4.43 Å². The van der Waals surface area contributed by atoms with Crippen LogP contribution in [0.1, 0.15) is 46.5 Å². The minimum atomic E-state index is -1.71. The second-order valence-corrected chi connectivity index (χ2v) is 12.8. The van der Waals surface area contributed by atoms with E-state index in [0.717, 1.165) is 32.4 Å². The Morgan fingerprint density at radius 1 is 1.35 bits per heavy atom. The van der Waals surface area contributed by atoms with Crippen molar-refractivity contribution in [2.24, 2.45) is 0 Å². The molecule has 1 amide bonds. The molecule has 2 rings (SSSR count). The molecular weight excluding hydrogens is 306 g/mol.